The van der Waals surface area contributed by atoms with Crippen LogP contribution < -0.4 is 10.0 Å². The maximum atomic E-state index is 13.1. The molecule has 0 amide bonds. The fourth-order valence-corrected chi connectivity index (χ4v) is 6.25. The van der Waals surface area contributed by atoms with Gasteiger partial charge in [-0.05, 0) is 55.4 Å². The first-order valence-corrected chi connectivity index (χ1v) is 16.2. The molecule has 0 aliphatic heterocycles. The summed E-state index contributed by atoms with van der Waals surface area (Å²) in [6, 6.07) is 14.5. The number of nitrogens with zero attached hydrogens (tertiary/aromatic N) is 2. The molecule has 39 heavy (non-hydrogen) atoms. The molecular formula is C28H36N4O4S3. The molecule has 0 saturated carbocycles. The largest absolute Gasteiger partial charge is 0.461 e. The van der Waals surface area contributed by atoms with Crippen molar-refractivity contribution in [3.05, 3.63) is 65.6 Å². The average molecular weight is 589 g/mol. The van der Waals surface area contributed by atoms with E-state index in [1.165, 1.54) is 11.8 Å². The van der Waals surface area contributed by atoms with E-state index in [9.17, 15) is 13.2 Å². The maximum absolute atomic E-state index is 13.1. The van der Waals surface area contributed by atoms with E-state index < -0.39 is 10.0 Å². The Hall–Kier alpha value is -2.89. The van der Waals surface area contributed by atoms with Crippen molar-refractivity contribution in [3.8, 4) is 11.1 Å². The highest BCUT2D eigenvalue weighted by molar-refractivity contribution is 7.98. The normalized spacial score (nSPS) is 11.3. The molecule has 0 aliphatic carbocycles. The molecular weight excluding hydrogens is 553 g/mol. The van der Waals surface area contributed by atoms with Gasteiger partial charge in [0.25, 0.3) is 10.0 Å². The minimum absolute atomic E-state index is 0.0724. The zero-order valence-electron chi connectivity index (χ0n) is 22.8. The molecule has 0 spiro atoms. The fraction of sp³-hybridized carbons (Fsp3) is 0.393. The number of unbranched alkanes of at least 4 members (excludes halogenated alkanes) is 1. The van der Waals surface area contributed by atoms with Crippen LogP contribution in [0.1, 0.15) is 61.9 Å². The Labute approximate surface area is 241 Å². The molecule has 1 aromatic heterocycles. The van der Waals surface area contributed by atoms with Gasteiger partial charge >= 0.3 is 5.97 Å². The Kier molecular flexibility index (Phi) is 11.4. The highest BCUT2D eigenvalue weighted by Gasteiger charge is 2.24. The number of sulfonamides is 1. The van der Waals surface area contributed by atoms with Crippen LogP contribution in [0.2, 0.25) is 0 Å². The number of rotatable bonds is 13. The summed E-state index contributed by atoms with van der Waals surface area (Å²) in [7, 11) is -3.88. The van der Waals surface area contributed by atoms with E-state index in [-0.39, 0.29) is 22.6 Å². The Morgan fingerprint density at radius 2 is 1.79 bits per heavy atom. The molecule has 0 atom stereocenters. The van der Waals surface area contributed by atoms with Gasteiger partial charge in [-0.1, -0.05) is 62.7 Å². The highest BCUT2D eigenvalue weighted by Crippen LogP contribution is 2.29. The van der Waals surface area contributed by atoms with Crippen LogP contribution >= 0.6 is 24.0 Å². The lowest BCUT2D eigenvalue weighted by molar-refractivity contribution is 0.0509. The quantitative estimate of drug-likeness (QED) is 0.155. The third-order valence-corrected chi connectivity index (χ3v) is 8.43. The second-order valence-electron chi connectivity index (χ2n) is 8.85. The van der Waals surface area contributed by atoms with Crippen molar-refractivity contribution < 1.29 is 17.9 Å². The van der Waals surface area contributed by atoms with Crippen LogP contribution in [-0.2, 0) is 27.7 Å². The smallest absolute Gasteiger partial charge is 0.357 e. The number of aryl methyl sites for hydroxylation is 1. The van der Waals surface area contributed by atoms with Crippen molar-refractivity contribution in [3.63, 3.8) is 0 Å². The number of benzene rings is 2. The van der Waals surface area contributed by atoms with E-state index in [4.69, 9.17) is 21.9 Å². The molecule has 210 valence electrons. The number of carbonyl (C=O) groups excluding carboxylic acids is 1. The van der Waals surface area contributed by atoms with Gasteiger partial charge in [-0.25, -0.2) is 18.2 Å². The third-order valence-electron chi connectivity index (χ3n) is 5.98. The topological polar surface area (TPSA) is 102 Å². The molecule has 0 bridgehead atoms. The van der Waals surface area contributed by atoms with Gasteiger partial charge in [0, 0.05) is 25.1 Å². The van der Waals surface area contributed by atoms with Crippen molar-refractivity contribution in [2.24, 2.45) is 0 Å². The van der Waals surface area contributed by atoms with Gasteiger partial charge in [-0.2, -0.15) is 0 Å². The number of ether oxygens (including phenoxy) is 1. The summed E-state index contributed by atoms with van der Waals surface area (Å²) in [6.45, 7) is 7.19. The molecule has 3 rings (SSSR count). The standard InChI is InChI=1S/C28H36N4O4S3/c1-5-8-13-24-30-26(38-4)25(27(33)36-7-3)32(24)19-20-14-16-21(17-15-20)22-11-9-10-12-23(22)39(34,35)31-28(37)29-18-6-2/h9-12,14-17H,5-8,13,18-19H2,1-4H3,(H2,29,31,37). The second kappa shape index (κ2) is 14.5. The summed E-state index contributed by atoms with van der Waals surface area (Å²) in [5.41, 5.74) is 2.74. The molecule has 1 heterocycles. The number of aromatic nitrogens is 2. The van der Waals surface area contributed by atoms with Crippen LogP contribution in [0, 0.1) is 0 Å². The van der Waals surface area contributed by atoms with Crippen molar-refractivity contribution in [1.82, 2.24) is 19.6 Å². The van der Waals surface area contributed by atoms with E-state index >= 15 is 0 Å². The molecule has 0 unspecified atom stereocenters. The monoisotopic (exact) mass is 588 g/mol. The van der Waals surface area contributed by atoms with Crippen LogP contribution in [0.25, 0.3) is 11.1 Å². The molecule has 0 saturated heterocycles. The van der Waals surface area contributed by atoms with Crippen molar-refractivity contribution in [1.29, 1.82) is 0 Å². The zero-order valence-corrected chi connectivity index (χ0v) is 25.3. The number of carbonyl (C=O) groups is 1. The Morgan fingerprint density at radius 1 is 1.08 bits per heavy atom. The molecule has 0 fully saturated rings. The number of thiocarbonyl (C=S) groups is 1. The van der Waals surface area contributed by atoms with Gasteiger partial charge in [0.05, 0.1) is 11.5 Å². The molecule has 0 aliphatic rings. The summed E-state index contributed by atoms with van der Waals surface area (Å²) >= 11 is 6.59. The van der Waals surface area contributed by atoms with Crippen LogP contribution in [-0.4, -0.2) is 48.5 Å². The maximum Gasteiger partial charge on any atom is 0.357 e. The average Bonchev–Trinajstić information content (AvgIpc) is 3.28. The van der Waals surface area contributed by atoms with Gasteiger partial charge in [0.1, 0.15) is 10.9 Å². The van der Waals surface area contributed by atoms with E-state index in [2.05, 4.69) is 17.0 Å². The summed E-state index contributed by atoms with van der Waals surface area (Å²) in [6.07, 6.45) is 5.46. The summed E-state index contributed by atoms with van der Waals surface area (Å²) in [4.78, 5) is 17.7. The Balaban J connectivity index is 1.93. The summed E-state index contributed by atoms with van der Waals surface area (Å²) in [5, 5.41) is 3.62. The van der Waals surface area contributed by atoms with Crippen molar-refractivity contribution in [2.45, 2.75) is 62.9 Å². The van der Waals surface area contributed by atoms with E-state index in [0.29, 0.717) is 29.4 Å². The van der Waals surface area contributed by atoms with Crippen molar-refractivity contribution >= 4 is 45.1 Å². The molecule has 11 heteroatoms. The molecule has 2 N–H and O–H groups in total. The SMILES string of the molecule is CCCCc1nc(SC)c(C(=O)OCC)n1Cc1ccc(-c2ccccc2S(=O)(=O)NC(=S)NCCC)cc1. The second-order valence-corrected chi connectivity index (χ2v) is 11.7. The van der Waals surface area contributed by atoms with Crippen molar-refractivity contribution in [2.75, 3.05) is 19.4 Å². The first kappa shape index (κ1) is 30.6. The van der Waals surface area contributed by atoms with E-state index in [1.54, 1.807) is 31.2 Å². The fourth-order valence-electron chi connectivity index (χ4n) is 4.07. The number of thioether (sulfide) groups is 1. The number of esters is 1. The third kappa shape index (κ3) is 7.83. The summed E-state index contributed by atoms with van der Waals surface area (Å²) < 4.78 is 36.0. The Morgan fingerprint density at radius 3 is 2.44 bits per heavy atom. The Bertz CT molecular complexity index is 1390. The molecule has 0 radical (unpaired) electrons. The van der Waals surface area contributed by atoms with Gasteiger partial charge in [-0.15, -0.1) is 11.8 Å². The first-order chi connectivity index (χ1) is 18.7. The number of imidazole rings is 1. The van der Waals surface area contributed by atoms with Gasteiger partial charge in [0.15, 0.2) is 10.8 Å². The lowest BCUT2D eigenvalue weighted by Crippen LogP contribution is -2.39. The van der Waals surface area contributed by atoms with Gasteiger partial charge in [0.2, 0.25) is 0 Å². The minimum Gasteiger partial charge on any atom is -0.461 e. The molecule has 8 nitrogen and oxygen atoms in total. The predicted molar refractivity (Wildman–Crippen MR) is 161 cm³/mol. The molecule has 2 aromatic carbocycles. The lowest BCUT2D eigenvalue weighted by atomic mass is 10.0. The van der Waals surface area contributed by atoms with Crippen LogP contribution in [0.3, 0.4) is 0 Å². The highest BCUT2D eigenvalue weighted by atomic mass is 32.2. The van der Waals surface area contributed by atoms with E-state index in [1.807, 2.05) is 42.0 Å². The number of hydrogen-bond acceptors (Lipinski definition) is 7. The number of nitrogens with one attached hydrogen (secondary N) is 2. The predicted octanol–water partition coefficient (Wildman–Crippen LogP) is 5.40. The molecule has 3 aromatic rings. The van der Waals surface area contributed by atoms with E-state index in [0.717, 1.165) is 42.6 Å². The lowest BCUT2D eigenvalue weighted by Gasteiger charge is -2.15. The number of hydrogen-bond donors (Lipinski definition) is 2. The van der Waals surface area contributed by atoms with Crippen LogP contribution in [0.4, 0.5) is 0 Å². The first-order valence-electron chi connectivity index (χ1n) is 13.0. The zero-order chi connectivity index (χ0) is 28.4. The minimum atomic E-state index is -3.88. The van der Waals surface area contributed by atoms with Crippen LogP contribution in [0.5, 0.6) is 0 Å². The van der Waals surface area contributed by atoms with Gasteiger partial charge in [-0.3, -0.25) is 4.72 Å². The summed E-state index contributed by atoms with van der Waals surface area (Å²) in [5.74, 6) is 0.468. The van der Waals surface area contributed by atoms with Gasteiger partial charge < -0.3 is 14.6 Å². The van der Waals surface area contributed by atoms with Crippen LogP contribution in [0.15, 0.2) is 58.5 Å².